The maximum atomic E-state index is 9.33. The number of fused-ring (bicyclic) bond motifs is 1. The van der Waals surface area contributed by atoms with Crippen LogP contribution in [0.2, 0.25) is 0 Å². The molecule has 6 nitrogen and oxygen atoms in total. The van der Waals surface area contributed by atoms with Crippen LogP contribution in [0.25, 0.3) is 11.0 Å². The zero-order valence-electron chi connectivity index (χ0n) is 9.87. The van der Waals surface area contributed by atoms with Crippen molar-refractivity contribution in [2.75, 3.05) is 0 Å². The van der Waals surface area contributed by atoms with Gasteiger partial charge in [-0.25, -0.2) is 4.98 Å². The van der Waals surface area contributed by atoms with Crippen LogP contribution in [0.3, 0.4) is 0 Å². The molecule has 0 amide bonds. The highest BCUT2D eigenvalue weighted by molar-refractivity contribution is 5.80. The predicted molar refractivity (Wildman–Crippen MR) is 63.8 cm³/mol. The molecule has 3 heterocycles. The second-order valence-electron chi connectivity index (χ2n) is 4.05. The Hall–Kier alpha value is -2.21. The Kier molecular flexibility index (Phi) is 2.56. The number of hydrogen-bond acceptors (Lipinski definition) is 5. The average molecular weight is 244 g/mol. The molecule has 0 bridgehead atoms. The van der Waals surface area contributed by atoms with E-state index in [0.717, 1.165) is 16.6 Å². The summed E-state index contributed by atoms with van der Waals surface area (Å²) in [5, 5.41) is 14.0. The van der Waals surface area contributed by atoms with Crippen LogP contribution in [0, 0.1) is 6.92 Å². The lowest BCUT2D eigenvalue weighted by atomic mass is 10.2. The van der Waals surface area contributed by atoms with Crippen LogP contribution in [-0.2, 0) is 13.2 Å². The van der Waals surface area contributed by atoms with E-state index in [0.29, 0.717) is 18.3 Å². The number of hydrogen-bond donors (Lipinski definition) is 1. The minimum absolute atomic E-state index is 0.0158. The van der Waals surface area contributed by atoms with Gasteiger partial charge >= 0.3 is 0 Å². The number of aliphatic hydroxyl groups excluding tert-OH is 1. The second kappa shape index (κ2) is 4.23. The predicted octanol–water partition coefficient (Wildman–Crippen LogP) is 1.27. The first-order chi connectivity index (χ1) is 8.78. The molecule has 0 radical (unpaired) electrons. The normalized spacial score (nSPS) is 11.2. The molecule has 6 heteroatoms. The number of pyridine rings is 1. The van der Waals surface area contributed by atoms with Crippen LogP contribution >= 0.6 is 0 Å². The minimum Gasteiger partial charge on any atom is -0.392 e. The maximum absolute atomic E-state index is 9.33. The summed E-state index contributed by atoms with van der Waals surface area (Å²) >= 11 is 0. The second-order valence-corrected chi connectivity index (χ2v) is 4.05. The quantitative estimate of drug-likeness (QED) is 0.750. The number of aromatic nitrogens is 4. The standard InChI is InChI=1S/C12H12N4O2/c1-8-14-11(18-15-8)6-16-5-9(7-17)10-3-2-4-13-12(10)16/h2-5,17H,6-7H2,1H3. The number of aliphatic hydroxyl groups is 1. The van der Waals surface area contributed by atoms with Gasteiger partial charge in [-0.2, -0.15) is 4.98 Å². The van der Waals surface area contributed by atoms with Gasteiger partial charge in [-0.1, -0.05) is 5.16 Å². The van der Waals surface area contributed by atoms with Gasteiger partial charge in [-0.05, 0) is 19.1 Å². The molecule has 0 aliphatic heterocycles. The van der Waals surface area contributed by atoms with Crippen LogP contribution < -0.4 is 0 Å². The lowest BCUT2D eigenvalue weighted by Crippen LogP contribution is -1.99. The zero-order valence-corrected chi connectivity index (χ0v) is 9.87. The van der Waals surface area contributed by atoms with E-state index in [1.807, 2.05) is 22.9 Å². The summed E-state index contributed by atoms with van der Waals surface area (Å²) in [5.41, 5.74) is 1.65. The smallest absolute Gasteiger partial charge is 0.246 e. The Morgan fingerprint density at radius 1 is 1.44 bits per heavy atom. The third-order valence-electron chi connectivity index (χ3n) is 2.76. The van der Waals surface area contributed by atoms with Crippen molar-refractivity contribution in [1.29, 1.82) is 0 Å². The van der Waals surface area contributed by atoms with Gasteiger partial charge in [0.05, 0.1) is 6.61 Å². The topological polar surface area (TPSA) is 77.0 Å². The van der Waals surface area contributed by atoms with Crippen molar-refractivity contribution < 1.29 is 9.63 Å². The molecular weight excluding hydrogens is 232 g/mol. The Bertz CT molecular complexity index is 686. The Balaban J connectivity index is 2.06. The Morgan fingerprint density at radius 2 is 2.33 bits per heavy atom. The van der Waals surface area contributed by atoms with Gasteiger partial charge in [0, 0.05) is 23.3 Å². The lowest BCUT2D eigenvalue weighted by Gasteiger charge is -1.99. The molecule has 0 aliphatic rings. The summed E-state index contributed by atoms with van der Waals surface area (Å²) in [6.45, 7) is 2.21. The summed E-state index contributed by atoms with van der Waals surface area (Å²) < 4.78 is 6.98. The van der Waals surface area contributed by atoms with E-state index in [1.54, 1.807) is 13.1 Å². The molecular formula is C12H12N4O2. The zero-order chi connectivity index (χ0) is 12.5. The third kappa shape index (κ3) is 1.76. The first-order valence-corrected chi connectivity index (χ1v) is 5.60. The Labute approximate surface area is 103 Å². The van der Waals surface area contributed by atoms with Crippen LogP contribution in [0.1, 0.15) is 17.3 Å². The molecule has 0 unspecified atom stereocenters. The fourth-order valence-corrected chi connectivity index (χ4v) is 1.99. The fourth-order valence-electron chi connectivity index (χ4n) is 1.99. The summed E-state index contributed by atoms with van der Waals surface area (Å²) in [6, 6.07) is 3.78. The van der Waals surface area contributed by atoms with Gasteiger partial charge in [0.15, 0.2) is 5.82 Å². The highest BCUT2D eigenvalue weighted by Gasteiger charge is 2.11. The molecule has 0 fully saturated rings. The van der Waals surface area contributed by atoms with Crippen molar-refractivity contribution in [2.24, 2.45) is 0 Å². The van der Waals surface area contributed by atoms with E-state index >= 15 is 0 Å². The fraction of sp³-hybridized carbons (Fsp3) is 0.250. The van der Waals surface area contributed by atoms with Gasteiger partial charge < -0.3 is 14.2 Å². The van der Waals surface area contributed by atoms with E-state index < -0.39 is 0 Å². The van der Waals surface area contributed by atoms with E-state index in [-0.39, 0.29) is 6.61 Å². The molecule has 3 aromatic rings. The van der Waals surface area contributed by atoms with Crippen molar-refractivity contribution in [3.05, 3.63) is 41.8 Å². The average Bonchev–Trinajstić information content (AvgIpc) is 2.95. The summed E-state index contributed by atoms with van der Waals surface area (Å²) in [5.74, 6) is 1.14. The molecule has 3 rings (SSSR count). The molecule has 1 N–H and O–H groups in total. The van der Waals surface area contributed by atoms with Gasteiger partial charge in [0.2, 0.25) is 5.89 Å². The monoisotopic (exact) mass is 244 g/mol. The highest BCUT2D eigenvalue weighted by Crippen LogP contribution is 2.20. The van der Waals surface area contributed by atoms with Crippen LogP contribution in [0.15, 0.2) is 29.0 Å². The molecule has 18 heavy (non-hydrogen) atoms. The van der Waals surface area contributed by atoms with Crippen molar-refractivity contribution in [1.82, 2.24) is 19.7 Å². The lowest BCUT2D eigenvalue weighted by molar-refractivity contribution is 0.283. The highest BCUT2D eigenvalue weighted by atomic mass is 16.5. The van der Waals surface area contributed by atoms with Gasteiger partial charge in [-0.3, -0.25) is 0 Å². The summed E-state index contributed by atoms with van der Waals surface area (Å²) in [6.07, 6.45) is 3.58. The van der Waals surface area contributed by atoms with E-state index in [9.17, 15) is 5.11 Å². The summed E-state index contributed by atoms with van der Waals surface area (Å²) in [7, 11) is 0. The number of rotatable bonds is 3. The van der Waals surface area contributed by atoms with Gasteiger partial charge in [-0.15, -0.1) is 0 Å². The maximum Gasteiger partial charge on any atom is 0.246 e. The first kappa shape index (κ1) is 10.9. The van der Waals surface area contributed by atoms with Crippen molar-refractivity contribution in [3.63, 3.8) is 0 Å². The molecule has 0 aliphatic carbocycles. The SMILES string of the molecule is Cc1noc(Cn2cc(CO)c3cccnc32)n1. The molecule has 0 spiro atoms. The number of aryl methyl sites for hydroxylation is 1. The molecule has 3 aromatic heterocycles. The van der Waals surface area contributed by atoms with Gasteiger partial charge in [0.1, 0.15) is 12.2 Å². The molecule has 0 aromatic carbocycles. The first-order valence-electron chi connectivity index (χ1n) is 5.60. The van der Waals surface area contributed by atoms with Crippen molar-refractivity contribution in [3.8, 4) is 0 Å². The largest absolute Gasteiger partial charge is 0.392 e. The minimum atomic E-state index is -0.0158. The molecule has 0 saturated carbocycles. The molecule has 92 valence electrons. The number of nitrogens with zero attached hydrogens (tertiary/aromatic N) is 4. The van der Waals surface area contributed by atoms with Crippen molar-refractivity contribution in [2.45, 2.75) is 20.1 Å². The molecule has 0 saturated heterocycles. The van der Waals surface area contributed by atoms with E-state index in [1.165, 1.54) is 0 Å². The van der Waals surface area contributed by atoms with Crippen LogP contribution in [0.4, 0.5) is 0 Å². The summed E-state index contributed by atoms with van der Waals surface area (Å²) in [4.78, 5) is 8.47. The van der Waals surface area contributed by atoms with Gasteiger partial charge in [0.25, 0.3) is 0 Å². The molecule has 0 atom stereocenters. The van der Waals surface area contributed by atoms with E-state index in [2.05, 4.69) is 15.1 Å². The third-order valence-corrected chi connectivity index (χ3v) is 2.76. The van der Waals surface area contributed by atoms with E-state index in [4.69, 9.17) is 4.52 Å². The van der Waals surface area contributed by atoms with Crippen LogP contribution in [0.5, 0.6) is 0 Å². The van der Waals surface area contributed by atoms with Crippen molar-refractivity contribution >= 4 is 11.0 Å². The Morgan fingerprint density at radius 3 is 3.06 bits per heavy atom. The van der Waals surface area contributed by atoms with Crippen LogP contribution in [-0.4, -0.2) is 24.8 Å².